The molecule has 0 aromatic carbocycles. The number of hydrogen-bond donors (Lipinski definition) is 0. The molecule has 0 unspecified atom stereocenters. The summed E-state index contributed by atoms with van der Waals surface area (Å²) in [6.07, 6.45) is 3.64. The molecule has 0 radical (unpaired) electrons. The molecular formula is C12H12N2. The topological polar surface area (TPSA) is 25.8 Å². The van der Waals surface area contributed by atoms with Gasteiger partial charge >= 0.3 is 0 Å². The van der Waals surface area contributed by atoms with Crippen LogP contribution < -0.4 is 0 Å². The van der Waals surface area contributed by atoms with Gasteiger partial charge in [-0.1, -0.05) is 6.07 Å². The van der Waals surface area contributed by atoms with Crippen molar-refractivity contribution in [2.45, 2.75) is 13.8 Å². The highest BCUT2D eigenvalue weighted by atomic mass is 14.7. The van der Waals surface area contributed by atoms with E-state index in [2.05, 4.69) is 16.9 Å². The molecule has 2 aromatic heterocycles. The predicted octanol–water partition coefficient (Wildman–Crippen LogP) is 2.76. The van der Waals surface area contributed by atoms with Crippen molar-refractivity contribution in [2.75, 3.05) is 0 Å². The van der Waals surface area contributed by atoms with Crippen LogP contribution in [0, 0.1) is 13.8 Å². The minimum absolute atomic E-state index is 0.996. The smallest absolute Gasteiger partial charge is 0.0722 e. The van der Waals surface area contributed by atoms with E-state index < -0.39 is 0 Å². The highest BCUT2D eigenvalue weighted by Gasteiger charge is 2.05. The van der Waals surface area contributed by atoms with Gasteiger partial charge < -0.3 is 0 Å². The van der Waals surface area contributed by atoms with E-state index in [1.54, 1.807) is 6.20 Å². The normalized spacial score (nSPS) is 10.1. The molecule has 0 saturated heterocycles. The van der Waals surface area contributed by atoms with Gasteiger partial charge in [0.25, 0.3) is 0 Å². The largest absolute Gasteiger partial charge is 0.261 e. The van der Waals surface area contributed by atoms with Crippen LogP contribution >= 0.6 is 0 Å². The maximum absolute atomic E-state index is 4.33. The molecule has 2 rings (SSSR count). The minimum Gasteiger partial charge on any atom is -0.261 e. The zero-order valence-electron chi connectivity index (χ0n) is 8.36. The van der Waals surface area contributed by atoms with Crippen LogP contribution in [0.1, 0.15) is 11.3 Å². The highest BCUT2D eigenvalue weighted by Crippen LogP contribution is 2.22. The lowest BCUT2D eigenvalue weighted by Gasteiger charge is -2.06. The summed E-state index contributed by atoms with van der Waals surface area (Å²) >= 11 is 0. The lowest BCUT2D eigenvalue weighted by atomic mass is 10.0. The summed E-state index contributed by atoms with van der Waals surface area (Å²) in [7, 11) is 0. The first-order valence-corrected chi connectivity index (χ1v) is 4.62. The van der Waals surface area contributed by atoms with Crippen molar-refractivity contribution in [1.29, 1.82) is 0 Å². The number of rotatable bonds is 1. The van der Waals surface area contributed by atoms with Gasteiger partial charge in [-0.25, -0.2) is 0 Å². The molecule has 2 heterocycles. The van der Waals surface area contributed by atoms with Gasteiger partial charge in [-0.3, -0.25) is 9.97 Å². The quantitative estimate of drug-likeness (QED) is 0.681. The molecule has 0 N–H and O–H groups in total. The summed E-state index contributed by atoms with van der Waals surface area (Å²) in [5.41, 5.74) is 4.39. The van der Waals surface area contributed by atoms with E-state index in [1.807, 2.05) is 37.4 Å². The van der Waals surface area contributed by atoms with Gasteiger partial charge in [0.15, 0.2) is 0 Å². The molecule has 0 amide bonds. The van der Waals surface area contributed by atoms with Crippen LogP contribution in [-0.4, -0.2) is 9.97 Å². The molecule has 0 aliphatic rings. The van der Waals surface area contributed by atoms with E-state index in [4.69, 9.17) is 0 Å². The third-order valence-electron chi connectivity index (χ3n) is 2.27. The lowest BCUT2D eigenvalue weighted by molar-refractivity contribution is 1.16. The van der Waals surface area contributed by atoms with Crippen molar-refractivity contribution in [3.05, 3.63) is 47.9 Å². The van der Waals surface area contributed by atoms with Gasteiger partial charge in [-0.05, 0) is 37.6 Å². The van der Waals surface area contributed by atoms with Crippen LogP contribution in [0.15, 0.2) is 36.7 Å². The Bertz CT molecular complexity index is 415. The number of pyridine rings is 2. The molecule has 2 aromatic rings. The number of aromatic nitrogens is 2. The second-order valence-electron chi connectivity index (χ2n) is 3.30. The molecule has 0 bridgehead atoms. The lowest BCUT2D eigenvalue weighted by Crippen LogP contribution is -1.92. The Labute approximate surface area is 83.7 Å². The Morgan fingerprint density at radius 2 is 1.79 bits per heavy atom. The monoisotopic (exact) mass is 184 g/mol. The van der Waals surface area contributed by atoms with Crippen LogP contribution in [0.5, 0.6) is 0 Å². The van der Waals surface area contributed by atoms with Crippen molar-refractivity contribution in [1.82, 2.24) is 9.97 Å². The Morgan fingerprint density at radius 1 is 0.929 bits per heavy atom. The molecule has 2 heteroatoms. The fourth-order valence-corrected chi connectivity index (χ4v) is 1.59. The molecule has 0 fully saturated rings. The van der Waals surface area contributed by atoms with Crippen molar-refractivity contribution >= 4 is 0 Å². The minimum atomic E-state index is 0.996. The Balaban J connectivity index is 2.63. The van der Waals surface area contributed by atoms with E-state index in [-0.39, 0.29) is 0 Å². The Kier molecular flexibility index (Phi) is 2.27. The fourth-order valence-electron chi connectivity index (χ4n) is 1.59. The average Bonchev–Trinajstić information content (AvgIpc) is 2.19. The number of nitrogens with zero attached hydrogens (tertiary/aromatic N) is 2. The van der Waals surface area contributed by atoms with E-state index >= 15 is 0 Å². The van der Waals surface area contributed by atoms with E-state index in [1.165, 1.54) is 5.56 Å². The summed E-state index contributed by atoms with van der Waals surface area (Å²) in [4.78, 5) is 8.61. The van der Waals surface area contributed by atoms with E-state index in [0.717, 1.165) is 17.0 Å². The zero-order chi connectivity index (χ0) is 9.97. The molecule has 0 spiro atoms. The standard InChI is InChI=1S/C12H12N2/c1-9-6-8-13-10(2)12(9)11-5-3-4-7-14-11/h3-8H,1-2H3. The average molecular weight is 184 g/mol. The van der Waals surface area contributed by atoms with Crippen LogP contribution in [-0.2, 0) is 0 Å². The molecule has 70 valence electrons. The SMILES string of the molecule is Cc1ccnc(C)c1-c1ccccn1. The summed E-state index contributed by atoms with van der Waals surface area (Å²) in [6, 6.07) is 7.94. The van der Waals surface area contributed by atoms with Crippen LogP contribution in [0.3, 0.4) is 0 Å². The predicted molar refractivity (Wildman–Crippen MR) is 56.9 cm³/mol. The van der Waals surface area contributed by atoms with Crippen molar-refractivity contribution in [3.63, 3.8) is 0 Å². The second-order valence-corrected chi connectivity index (χ2v) is 3.30. The summed E-state index contributed by atoms with van der Waals surface area (Å²) < 4.78 is 0. The van der Waals surface area contributed by atoms with Gasteiger partial charge in [0.05, 0.1) is 5.69 Å². The van der Waals surface area contributed by atoms with Crippen molar-refractivity contribution in [2.24, 2.45) is 0 Å². The number of aryl methyl sites for hydroxylation is 2. The summed E-state index contributed by atoms with van der Waals surface area (Å²) in [6.45, 7) is 4.09. The molecule has 14 heavy (non-hydrogen) atoms. The maximum atomic E-state index is 4.33. The first-order chi connectivity index (χ1) is 6.79. The van der Waals surface area contributed by atoms with Gasteiger partial charge in [-0.2, -0.15) is 0 Å². The van der Waals surface area contributed by atoms with Crippen LogP contribution in [0.25, 0.3) is 11.3 Å². The molecule has 0 aliphatic heterocycles. The molecular weight excluding hydrogens is 172 g/mol. The Hall–Kier alpha value is -1.70. The summed E-state index contributed by atoms with van der Waals surface area (Å²) in [5, 5.41) is 0. The van der Waals surface area contributed by atoms with Crippen molar-refractivity contribution < 1.29 is 0 Å². The van der Waals surface area contributed by atoms with Gasteiger partial charge in [-0.15, -0.1) is 0 Å². The van der Waals surface area contributed by atoms with Crippen LogP contribution in [0.2, 0.25) is 0 Å². The van der Waals surface area contributed by atoms with Gasteiger partial charge in [0.2, 0.25) is 0 Å². The zero-order valence-corrected chi connectivity index (χ0v) is 8.36. The second kappa shape index (κ2) is 3.58. The first-order valence-electron chi connectivity index (χ1n) is 4.62. The molecule has 0 aliphatic carbocycles. The molecule has 2 nitrogen and oxygen atoms in total. The molecule has 0 atom stereocenters. The van der Waals surface area contributed by atoms with Gasteiger partial charge in [0, 0.05) is 23.7 Å². The number of hydrogen-bond acceptors (Lipinski definition) is 2. The fraction of sp³-hybridized carbons (Fsp3) is 0.167. The van der Waals surface area contributed by atoms with E-state index in [0.29, 0.717) is 0 Å². The third kappa shape index (κ3) is 1.51. The highest BCUT2D eigenvalue weighted by molar-refractivity contribution is 5.65. The first kappa shape index (κ1) is 8.88. The third-order valence-corrected chi connectivity index (χ3v) is 2.27. The van der Waals surface area contributed by atoms with E-state index in [9.17, 15) is 0 Å². The molecule has 0 saturated carbocycles. The Morgan fingerprint density at radius 3 is 2.43 bits per heavy atom. The summed E-state index contributed by atoms with van der Waals surface area (Å²) in [5.74, 6) is 0. The maximum Gasteiger partial charge on any atom is 0.0722 e. The van der Waals surface area contributed by atoms with Crippen LogP contribution in [0.4, 0.5) is 0 Å². The van der Waals surface area contributed by atoms with Crippen molar-refractivity contribution in [3.8, 4) is 11.3 Å². The van der Waals surface area contributed by atoms with Gasteiger partial charge in [0.1, 0.15) is 0 Å².